The van der Waals surface area contributed by atoms with Crippen molar-refractivity contribution in [2.24, 2.45) is 0 Å². The van der Waals surface area contributed by atoms with Crippen molar-refractivity contribution in [2.75, 3.05) is 32.8 Å². The van der Waals surface area contributed by atoms with Gasteiger partial charge in [-0.3, -0.25) is 9.69 Å². The molecule has 1 atom stereocenters. The Labute approximate surface area is 139 Å². The molecule has 0 N–H and O–H groups in total. The molecule has 1 unspecified atom stereocenters. The highest BCUT2D eigenvalue weighted by Crippen LogP contribution is 2.26. The number of nitrogens with zero attached hydrogens (tertiary/aromatic N) is 4. The predicted molar refractivity (Wildman–Crippen MR) is 82.4 cm³/mol. The van der Waals surface area contributed by atoms with Gasteiger partial charge in [0, 0.05) is 32.2 Å². The van der Waals surface area contributed by atoms with Gasteiger partial charge in [0.2, 0.25) is 0 Å². The van der Waals surface area contributed by atoms with E-state index in [0.717, 1.165) is 25.4 Å². The lowest BCUT2D eigenvalue weighted by Gasteiger charge is -2.47. The molecular formula is C16H20N4O4. The zero-order valence-electron chi connectivity index (χ0n) is 13.8. The number of ether oxygens (including phenoxy) is 1. The molecule has 4 heterocycles. The van der Waals surface area contributed by atoms with E-state index in [2.05, 4.69) is 15.0 Å². The molecule has 0 spiro atoms. The van der Waals surface area contributed by atoms with E-state index in [4.69, 9.17) is 13.7 Å². The first-order chi connectivity index (χ1) is 11.6. The molecule has 0 aliphatic carbocycles. The number of hydrogen-bond donors (Lipinski definition) is 0. The molecule has 4 rings (SSSR count). The number of likely N-dealkylation sites (tertiary alicyclic amines) is 1. The Kier molecular flexibility index (Phi) is 3.85. The van der Waals surface area contributed by atoms with Gasteiger partial charge in [-0.15, -0.1) is 0 Å². The summed E-state index contributed by atoms with van der Waals surface area (Å²) in [4.78, 5) is 20.8. The van der Waals surface area contributed by atoms with Gasteiger partial charge in [0.1, 0.15) is 18.1 Å². The first-order valence-corrected chi connectivity index (χ1v) is 8.10. The topological polar surface area (TPSA) is 84.8 Å². The molecule has 0 aromatic carbocycles. The van der Waals surface area contributed by atoms with Crippen molar-refractivity contribution in [2.45, 2.75) is 26.0 Å². The highest BCUT2D eigenvalue weighted by Gasteiger charge is 2.38. The van der Waals surface area contributed by atoms with Crippen LogP contribution >= 0.6 is 0 Å². The number of amides is 1. The fourth-order valence-corrected chi connectivity index (χ4v) is 3.18. The minimum absolute atomic E-state index is 0.0282. The zero-order valence-corrected chi connectivity index (χ0v) is 13.8. The summed E-state index contributed by atoms with van der Waals surface area (Å²) in [6.07, 6.45) is 1.33. The van der Waals surface area contributed by atoms with Crippen LogP contribution in [0.4, 0.5) is 0 Å². The minimum atomic E-state index is -0.193. The highest BCUT2D eigenvalue weighted by atomic mass is 16.5. The number of carbonyl (C=O) groups is 1. The standard InChI is InChI=1S/C16H20N4O4/c1-10-5-12(9-23-10)16(21)20-6-13(7-20)19-3-4-22-14(8-19)15-17-11(2)18-24-15/h5,9,13-14H,3-4,6-8H2,1-2H3. The summed E-state index contributed by atoms with van der Waals surface area (Å²) < 4.78 is 16.2. The number of rotatable bonds is 3. The molecule has 0 radical (unpaired) electrons. The number of carbonyl (C=O) groups excluding carboxylic acids is 1. The van der Waals surface area contributed by atoms with Gasteiger partial charge < -0.3 is 18.6 Å². The van der Waals surface area contributed by atoms with E-state index in [1.54, 1.807) is 13.0 Å². The van der Waals surface area contributed by atoms with Crippen molar-refractivity contribution in [1.82, 2.24) is 19.9 Å². The second kappa shape index (κ2) is 6.03. The van der Waals surface area contributed by atoms with E-state index in [0.29, 0.717) is 36.5 Å². The maximum absolute atomic E-state index is 12.3. The van der Waals surface area contributed by atoms with Gasteiger partial charge in [0.25, 0.3) is 11.8 Å². The van der Waals surface area contributed by atoms with Gasteiger partial charge >= 0.3 is 0 Å². The first-order valence-electron chi connectivity index (χ1n) is 8.10. The number of furan rings is 1. The fourth-order valence-electron chi connectivity index (χ4n) is 3.18. The number of morpholine rings is 1. The smallest absolute Gasteiger partial charge is 0.257 e. The Bertz CT molecular complexity index is 734. The largest absolute Gasteiger partial charge is 0.469 e. The van der Waals surface area contributed by atoms with E-state index in [9.17, 15) is 4.79 Å². The molecule has 2 saturated heterocycles. The van der Waals surface area contributed by atoms with Crippen molar-refractivity contribution >= 4 is 5.91 Å². The second-order valence-electron chi connectivity index (χ2n) is 6.34. The van der Waals surface area contributed by atoms with E-state index >= 15 is 0 Å². The van der Waals surface area contributed by atoms with Crippen molar-refractivity contribution < 1.29 is 18.5 Å². The lowest BCUT2D eigenvalue weighted by atomic mass is 10.0. The lowest BCUT2D eigenvalue weighted by Crippen LogP contribution is -2.63. The summed E-state index contributed by atoms with van der Waals surface area (Å²) in [6.45, 7) is 7.25. The first kappa shape index (κ1) is 15.3. The maximum atomic E-state index is 12.3. The average molecular weight is 332 g/mol. The summed E-state index contributed by atoms with van der Waals surface area (Å²) in [5.41, 5.74) is 0.618. The van der Waals surface area contributed by atoms with Crippen LogP contribution in [0.2, 0.25) is 0 Å². The van der Waals surface area contributed by atoms with Crippen LogP contribution < -0.4 is 0 Å². The van der Waals surface area contributed by atoms with Crippen molar-refractivity contribution in [1.29, 1.82) is 0 Å². The van der Waals surface area contributed by atoms with Crippen molar-refractivity contribution in [3.8, 4) is 0 Å². The minimum Gasteiger partial charge on any atom is -0.469 e. The van der Waals surface area contributed by atoms with Crippen LogP contribution in [-0.2, 0) is 4.74 Å². The van der Waals surface area contributed by atoms with Crippen molar-refractivity contribution in [3.63, 3.8) is 0 Å². The van der Waals surface area contributed by atoms with E-state index in [1.165, 1.54) is 6.26 Å². The summed E-state index contributed by atoms with van der Waals surface area (Å²) in [5.74, 6) is 1.92. The number of hydrogen-bond acceptors (Lipinski definition) is 7. The van der Waals surface area contributed by atoms with Gasteiger partial charge in [-0.1, -0.05) is 5.16 Å². The van der Waals surface area contributed by atoms with Gasteiger partial charge in [0.15, 0.2) is 5.82 Å². The summed E-state index contributed by atoms with van der Waals surface area (Å²) >= 11 is 0. The Balaban J connectivity index is 1.34. The van der Waals surface area contributed by atoms with Crippen LogP contribution in [0.25, 0.3) is 0 Å². The molecular weight excluding hydrogens is 312 g/mol. The molecule has 2 fully saturated rings. The lowest BCUT2D eigenvalue weighted by molar-refractivity contribution is -0.0782. The maximum Gasteiger partial charge on any atom is 0.257 e. The van der Waals surface area contributed by atoms with Crippen LogP contribution in [0.1, 0.15) is 33.9 Å². The molecule has 24 heavy (non-hydrogen) atoms. The van der Waals surface area contributed by atoms with Gasteiger partial charge in [-0.25, -0.2) is 0 Å². The van der Waals surface area contributed by atoms with E-state index in [1.807, 2.05) is 11.8 Å². The number of aromatic nitrogens is 2. The summed E-state index contributed by atoms with van der Waals surface area (Å²) in [6, 6.07) is 2.12. The van der Waals surface area contributed by atoms with Crippen LogP contribution in [0, 0.1) is 13.8 Å². The predicted octanol–water partition coefficient (Wildman–Crippen LogP) is 1.18. The number of aryl methyl sites for hydroxylation is 2. The third-order valence-corrected chi connectivity index (χ3v) is 4.56. The van der Waals surface area contributed by atoms with Gasteiger partial charge in [0.05, 0.1) is 12.2 Å². The van der Waals surface area contributed by atoms with Crippen LogP contribution in [0.15, 0.2) is 21.3 Å². The Hall–Kier alpha value is -2.19. The molecule has 2 aliphatic rings. The quantitative estimate of drug-likeness (QED) is 0.834. The SMILES string of the molecule is Cc1noc(C2CN(C3CN(C(=O)c4coc(C)c4)C3)CCO2)n1. The normalized spacial score (nSPS) is 22.6. The molecule has 2 aromatic heterocycles. The molecule has 0 saturated carbocycles. The zero-order chi connectivity index (χ0) is 16.7. The second-order valence-corrected chi connectivity index (χ2v) is 6.34. The third kappa shape index (κ3) is 2.83. The Morgan fingerprint density at radius 2 is 2.12 bits per heavy atom. The van der Waals surface area contributed by atoms with Crippen molar-refractivity contribution in [3.05, 3.63) is 35.4 Å². The van der Waals surface area contributed by atoms with Crippen LogP contribution in [-0.4, -0.2) is 64.7 Å². The van der Waals surface area contributed by atoms with E-state index < -0.39 is 0 Å². The molecule has 128 valence electrons. The highest BCUT2D eigenvalue weighted by molar-refractivity contribution is 5.94. The monoisotopic (exact) mass is 332 g/mol. The molecule has 8 heteroatoms. The molecule has 2 aliphatic heterocycles. The molecule has 0 bridgehead atoms. The van der Waals surface area contributed by atoms with Gasteiger partial charge in [-0.05, 0) is 19.9 Å². The van der Waals surface area contributed by atoms with Crippen LogP contribution in [0.3, 0.4) is 0 Å². The van der Waals surface area contributed by atoms with Crippen LogP contribution in [0.5, 0.6) is 0 Å². The summed E-state index contributed by atoms with van der Waals surface area (Å²) in [7, 11) is 0. The third-order valence-electron chi connectivity index (χ3n) is 4.56. The van der Waals surface area contributed by atoms with E-state index in [-0.39, 0.29) is 12.0 Å². The molecule has 1 amide bonds. The Morgan fingerprint density at radius 3 is 2.79 bits per heavy atom. The fraction of sp³-hybridized carbons (Fsp3) is 0.562. The Morgan fingerprint density at radius 1 is 1.29 bits per heavy atom. The molecule has 2 aromatic rings. The van der Waals surface area contributed by atoms with Gasteiger partial charge in [-0.2, -0.15) is 4.98 Å². The molecule has 8 nitrogen and oxygen atoms in total. The summed E-state index contributed by atoms with van der Waals surface area (Å²) in [5, 5.41) is 3.82. The average Bonchev–Trinajstić information content (AvgIpc) is 3.15.